The fraction of sp³-hybridized carbons (Fsp3) is 0.611. The third kappa shape index (κ3) is 13.6. The van der Waals surface area contributed by atoms with Crippen LogP contribution >= 0.6 is 0 Å². The molecule has 3 heteroatoms. The molecule has 0 aliphatic heterocycles. The van der Waals surface area contributed by atoms with Crippen molar-refractivity contribution in [1.82, 2.24) is 0 Å². The van der Waals surface area contributed by atoms with Gasteiger partial charge >= 0.3 is 0 Å². The molecule has 0 fully saturated rings. The minimum Gasteiger partial charge on any atom is -0.252 e. The number of hydrogen-bond donors (Lipinski definition) is 0. The summed E-state index contributed by atoms with van der Waals surface area (Å²) in [7, 11) is 0. The molecule has 2 nitrogen and oxygen atoms in total. The van der Waals surface area contributed by atoms with Crippen LogP contribution in [0.5, 0.6) is 0 Å². The predicted octanol–water partition coefficient (Wildman–Crippen LogP) is 11.5. The molecule has 0 saturated carbocycles. The van der Waals surface area contributed by atoms with Crippen LogP contribution in [-0.2, 0) is 46.1 Å². The van der Waals surface area contributed by atoms with Gasteiger partial charge in [-0.1, -0.05) is 85.8 Å². The van der Waals surface area contributed by atoms with E-state index < -0.39 is 0 Å². The number of nitrogens with zero attached hydrogens (tertiary/aromatic N) is 2. The molecular formula is C36H56N2Pd. The van der Waals surface area contributed by atoms with Gasteiger partial charge < -0.3 is 0 Å². The molecule has 2 aromatic rings. The molecule has 220 valence electrons. The van der Waals surface area contributed by atoms with E-state index in [1.54, 1.807) is 0 Å². The quantitative estimate of drug-likeness (QED) is 0.110. The molecule has 0 spiro atoms. The topological polar surface area (TPSA) is 24.7 Å². The number of aryl methyl sites for hydroxylation is 4. The fourth-order valence-corrected chi connectivity index (χ4v) is 4.98. The number of aliphatic imine (C=N–C) groups is 2. The van der Waals surface area contributed by atoms with Crippen LogP contribution in [0.4, 0.5) is 11.4 Å². The van der Waals surface area contributed by atoms with Crippen LogP contribution in [0, 0.1) is 0 Å². The minimum absolute atomic E-state index is 0. The van der Waals surface area contributed by atoms with Crippen LogP contribution in [-0.4, -0.2) is 11.4 Å². The summed E-state index contributed by atoms with van der Waals surface area (Å²) in [4.78, 5) is 10.6. The maximum Gasteiger partial charge on any atom is 0.0639 e. The molecule has 0 amide bonds. The second-order valence-electron chi connectivity index (χ2n) is 11.0. The van der Waals surface area contributed by atoms with Crippen LogP contribution < -0.4 is 0 Å². The molecule has 0 N–H and O–H groups in total. The Morgan fingerprint density at radius 1 is 0.462 bits per heavy atom. The Bertz CT molecular complexity index is 953. The Balaban J connectivity index is 0.00000760. The summed E-state index contributed by atoms with van der Waals surface area (Å²) >= 11 is 0. The number of unbranched alkanes of at least 4 members (excludes halogenated alkanes) is 5. The van der Waals surface area contributed by atoms with Crippen LogP contribution in [0.2, 0.25) is 0 Å². The van der Waals surface area contributed by atoms with Crippen molar-refractivity contribution in [3.8, 4) is 0 Å². The largest absolute Gasteiger partial charge is 0.252 e. The van der Waals surface area contributed by atoms with Gasteiger partial charge in [0.05, 0.1) is 22.8 Å². The number of benzene rings is 2. The van der Waals surface area contributed by atoms with Crippen LogP contribution in [0.25, 0.3) is 0 Å². The summed E-state index contributed by atoms with van der Waals surface area (Å²) in [5.41, 5.74) is 10.3. The van der Waals surface area contributed by atoms with Gasteiger partial charge in [0, 0.05) is 20.4 Å². The van der Waals surface area contributed by atoms with Crippen molar-refractivity contribution in [2.45, 2.75) is 144 Å². The fourth-order valence-electron chi connectivity index (χ4n) is 4.98. The zero-order chi connectivity index (χ0) is 27.6. The van der Waals surface area contributed by atoms with Crippen molar-refractivity contribution in [3.05, 3.63) is 58.7 Å². The van der Waals surface area contributed by atoms with Gasteiger partial charge in [-0.2, -0.15) is 0 Å². The first-order valence-corrected chi connectivity index (χ1v) is 16.0. The van der Waals surface area contributed by atoms with E-state index >= 15 is 0 Å². The molecule has 2 aromatic carbocycles. The summed E-state index contributed by atoms with van der Waals surface area (Å²) in [6.07, 6.45) is 18.6. The van der Waals surface area contributed by atoms with E-state index in [4.69, 9.17) is 9.98 Å². The van der Waals surface area contributed by atoms with Crippen molar-refractivity contribution in [1.29, 1.82) is 0 Å². The molecule has 0 aromatic heterocycles. The van der Waals surface area contributed by atoms with Gasteiger partial charge in [-0.3, -0.25) is 9.98 Å². The van der Waals surface area contributed by atoms with Gasteiger partial charge in [-0.25, -0.2) is 0 Å². The van der Waals surface area contributed by atoms with Gasteiger partial charge in [-0.15, -0.1) is 0 Å². The van der Waals surface area contributed by atoms with Gasteiger partial charge in [-0.05, 0) is 117 Å². The summed E-state index contributed by atoms with van der Waals surface area (Å²) in [5.74, 6) is 0. The number of hydrogen-bond acceptors (Lipinski definition) is 2. The molecule has 2 rings (SSSR count). The third-order valence-electron chi connectivity index (χ3n) is 7.31. The van der Waals surface area contributed by atoms with E-state index in [0.717, 1.165) is 62.0 Å². The Hall–Kier alpha value is -1.56. The molecule has 0 aliphatic carbocycles. The first-order valence-electron chi connectivity index (χ1n) is 16.0. The normalized spacial score (nSPS) is 12.1. The Morgan fingerprint density at radius 3 is 1.10 bits per heavy atom. The second-order valence-corrected chi connectivity index (χ2v) is 11.0. The smallest absolute Gasteiger partial charge is 0.0639 e. The standard InChI is InChI=1S/C36H56N2.Pd/c1-7-13-18-29-23-30(19-14-8-2)26-33(25-29)37-35(12-6)36(22-17-11-5)38-34-27-31(20-15-9-3)24-32(28-34)21-16-10-4;/h23-28H,7-22H2,1-6H3;/b37-35+,38-36+;. The monoisotopic (exact) mass is 622 g/mol. The zero-order valence-electron chi connectivity index (χ0n) is 26.0. The van der Waals surface area contributed by atoms with E-state index in [1.807, 2.05) is 0 Å². The summed E-state index contributed by atoms with van der Waals surface area (Å²) in [6, 6.07) is 14.2. The summed E-state index contributed by atoms with van der Waals surface area (Å²) < 4.78 is 0. The van der Waals surface area contributed by atoms with Gasteiger partial charge in [0.2, 0.25) is 0 Å². The first-order chi connectivity index (χ1) is 18.6. The molecular weight excluding hydrogens is 567 g/mol. The van der Waals surface area contributed by atoms with Crippen molar-refractivity contribution < 1.29 is 20.4 Å². The minimum atomic E-state index is 0. The van der Waals surface area contributed by atoms with E-state index in [2.05, 4.69) is 77.9 Å². The molecule has 0 bridgehead atoms. The summed E-state index contributed by atoms with van der Waals surface area (Å²) in [5, 5.41) is 0. The second kappa shape index (κ2) is 21.2. The van der Waals surface area contributed by atoms with E-state index in [0.29, 0.717) is 0 Å². The third-order valence-corrected chi connectivity index (χ3v) is 7.31. The number of rotatable bonds is 19. The molecule has 39 heavy (non-hydrogen) atoms. The van der Waals surface area contributed by atoms with Crippen LogP contribution in [0.3, 0.4) is 0 Å². The Labute approximate surface area is 255 Å². The van der Waals surface area contributed by atoms with Crippen molar-refractivity contribution >= 4 is 22.8 Å². The molecule has 0 saturated heterocycles. The van der Waals surface area contributed by atoms with Crippen molar-refractivity contribution in [2.24, 2.45) is 9.98 Å². The van der Waals surface area contributed by atoms with Crippen molar-refractivity contribution in [2.75, 3.05) is 0 Å². The molecule has 0 heterocycles. The van der Waals surface area contributed by atoms with Gasteiger partial charge in [0.15, 0.2) is 0 Å². The van der Waals surface area contributed by atoms with E-state index in [-0.39, 0.29) is 20.4 Å². The maximum atomic E-state index is 5.33. The predicted molar refractivity (Wildman–Crippen MR) is 171 cm³/mol. The molecule has 0 radical (unpaired) electrons. The summed E-state index contributed by atoms with van der Waals surface area (Å²) in [6.45, 7) is 13.6. The van der Waals surface area contributed by atoms with Crippen LogP contribution in [0.1, 0.15) is 141 Å². The van der Waals surface area contributed by atoms with Crippen molar-refractivity contribution in [3.63, 3.8) is 0 Å². The van der Waals surface area contributed by atoms with E-state index in [1.165, 1.54) is 85.8 Å². The average Bonchev–Trinajstić information content (AvgIpc) is 2.93. The SMILES string of the molecule is CCCCC(=N\c1cc(CCCC)cc(CCCC)c1)/C(CC)=N/c1cc(CCCC)cc(CCCC)c1.[Pd]. The van der Waals surface area contributed by atoms with Gasteiger partial charge in [0.25, 0.3) is 0 Å². The van der Waals surface area contributed by atoms with E-state index in [9.17, 15) is 0 Å². The molecule has 0 atom stereocenters. The average molecular weight is 623 g/mol. The first kappa shape index (κ1) is 35.5. The van der Waals surface area contributed by atoms with Gasteiger partial charge in [0.1, 0.15) is 0 Å². The Kier molecular flexibility index (Phi) is 19.3. The van der Waals surface area contributed by atoms with Crippen LogP contribution in [0.15, 0.2) is 46.4 Å². The molecule has 0 unspecified atom stereocenters. The maximum absolute atomic E-state index is 5.33. The zero-order valence-corrected chi connectivity index (χ0v) is 27.5. The Morgan fingerprint density at radius 2 is 0.795 bits per heavy atom. The molecule has 0 aliphatic rings.